The molecule has 0 unspecified atom stereocenters. The van der Waals surface area contributed by atoms with Crippen LogP contribution in [0, 0.1) is 0 Å². The van der Waals surface area contributed by atoms with Gasteiger partial charge in [0.15, 0.2) is 9.84 Å². The monoisotopic (exact) mass is 349 g/mol. The Bertz CT molecular complexity index is 842. The molecule has 2 heterocycles. The van der Waals surface area contributed by atoms with Gasteiger partial charge < -0.3 is 15.6 Å². The van der Waals surface area contributed by atoms with Gasteiger partial charge >= 0.3 is 6.03 Å². The van der Waals surface area contributed by atoms with E-state index in [4.69, 9.17) is 0 Å². The van der Waals surface area contributed by atoms with Crippen LogP contribution < -0.4 is 10.6 Å². The molecule has 7 heteroatoms. The zero-order valence-corrected chi connectivity index (χ0v) is 14.6. The van der Waals surface area contributed by atoms with Gasteiger partial charge in [-0.15, -0.1) is 0 Å². The first-order valence-corrected chi connectivity index (χ1v) is 10.1. The molecule has 3 N–H and O–H groups in total. The number of hydrogen-bond acceptors (Lipinski definition) is 3. The highest BCUT2D eigenvalue weighted by molar-refractivity contribution is 7.91. The SMILES string of the molecule is CCc1cccc2c(CCNC(=O)N[C@@H]3CCS(=O)(=O)C3)c[nH]c12. The molecular formula is C17H23N3O3S. The van der Waals surface area contributed by atoms with Crippen molar-refractivity contribution in [1.82, 2.24) is 15.6 Å². The molecule has 6 nitrogen and oxygen atoms in total. The summed E-state index contributed by atoms with van der Waals surface area (Å²) in [5, 5.41) is 6.74. The number of urea groups is 1. The maximum atomic E-state index is 11.9. The van der Waals surface area contributed by atoms with E-state index >= 15 is 0 Å². The van der Waals surface area contributed by atoms with Crippen molar-refractivity contribution in [2.45, 2.75) is 32.2 Å². The van der Waals surface area contributed by atoms with Crippen molar-refractivity contribution in [1.29, 1.82) is 0 Å². The predicted octanol–water partition coefficient (Wildman–Crippen LogP) is 1.76. The third kappa shape index (κ3) is 3.72. The molecule has 2 amide bonds. The lowest BCUT2D eigenvalue weighted by Crippen LogP contribution is -2.43. The van der Waals surface area contributed by atoms with E-state index in [0.717, 1.165) is 18.4 Å². The number of carbonyl (C=O) groups is 1. The molecule has 0 spiro atoms. The van der Waals surface area contributed by atoms with E-state index in [1.807, 2.05) is 6.20 Å². The number of aryl methyl sites for hydroxylation is 1. The van der Waals surface area contributed by atoms with Gasteiger partial charge in [0.2, 0.25) is 0 Å². The smallest absolute Gasteiger partial charge is 0.315 e. The van der Waals surface area contributed by atoms with Crippen LogP contribution in [-0.2, 0) is 22.7 Å². The van der Waals surface area contributed by atoms with Gasteiger partial charge in [-0.2, -0.15) is 0 Å². The second-order valence-electron chi connectivity index (χ2n) is 6.26. The summed E-state index contributed by atoms with van der Waals surface area (Å²) in [5.74, 6) is 0.204. The van der Waals surface area contributed by atoms with Gasteiger partial charge in [0.05, 0.1) is 11.5 Å². The fraction of sp³-hybridized carbons (Fsp3) is 0.471. The number of benzene rings is 1. The summed E-state index contributed by atoms with van der Waals surface area (Å²) in [6.07, 6.45) is 4.19. The van der Waals surface area contributed by atoms with E-state index in [1.54, 1.807) is 0 Å². The van der Waals surface area contributed by atoms with Crippen molar-refractivity contribution in [2.75, 3.05) is 18.1 Å². The highest BCUT2D eigenvalue weighted by Gasteiger charge is 2.28. The van der Waals surface area contributed by atoms with Gasteiger partial charge in [-0.3, -0.25) is 0 Å². The number of amides is 2. The lowest BCUT2D eigenvalue weighted by Gasteiger charge is -2.11. The highest BCUT2D eigenvalue weighted by atomic mass is 32.2. The van der Waals surface area contributed by atoms with Crippen molar-refractivity contribution in [2.24, 2.45) is 0 Å². The van der Waals surface area contributed by atoms with E-state index < -0.39 is 9.84 Å². The number of H-pyrrole nitrogens is 1. The third-order valence-corrected chi connectivity index (χ3v) is 6.28. The maximum Gasteiger partial charge on any atom is 0.315 e. The lowest BCUT2D eigenvalue weighted by molar-refractivity contribution is 0.238. The van der Waals surface area contributed by atoms with Crippen LogP contribution in [0.2, 0.25) is 0 Å². The largest absolute Gasteiger partial charge is 0.361 e. The third-order valence-electron chi connectivity index (χ3n) is 4.52. The molecule has 1 aliphatic rings. The number of aromatic nitrogens is 1. The minimum Gasteiger partial charge on any atom is -0.361 e. The zero-order valence-electron chi connectivity index (χ0n) is 13.8. The first kappa shape index (κ1) is 16.8. The molecule has 130 valence electrons. The summed E-state index contributed by atoms with van der Waals surface area (Å²) >= 11 is 0. The minimum absolute atomic E-state index is 0.0443. The van der Waals surface area contributed by atoms with Gasteiger partial charge in [0.25, 0.3) is 0 Å². The van der Waals surface area contributed by atoms with Crippen LogP contribution in [0.1, 0.15) is 24.5 Å². The summed E-state index contributed by atoms with van der Waals surface area (Å²) in [5.41, 5.74) is 3.62. The van der Waals surface area contributed by atoms with Crippen LogP contribution in [0.15, 0.2) is 24.4 Å². The maximum absolute atomic E-state index is 11.9. The molecule has 0 bridgehead atoms. The van der Waals surface area contributed by atoms with Crippen LogP contribution in [0.3, 0.4) is 0 Å². The van der Waals surface area contributed by atoms with Crippen molar-refractivity contribution in [3.63, 3.8) is 0 Å². The van der Waals surface area contributed by atoms with E-state index in [0.29, 0.717) is 13.0 Å². The quantitative estimate of drug-likeness (QED) is 0.768. The fourth-order valence-corrected chi connectivity index (χ4v) is 4.91. The number of fused-ring (bicyclic) bond motifs is 1. The Balaban J connectivity index is 1.52. The molecule has 24 heavy (non-hydrogen) atoms. The summed E-state index contributed by atoms with van der Waals surface area (Å²) in [7, 11) is -2.97. The first-order valence-electron chi connectivity index (χ1n) is 8.31. The number of para-hydroxylation sites is 1. The van der Waals surface area contributed by atoms with Crippen molar-refractivity contribution in [3.8, 4) is 0 Å². The second kappa shape index (κ2) is 6.84. The molecule has 0 aliphatic carbocycles. The molecule has 3 rings (SSSR count). The molecule has 1 aromatic carbocycles. The number of aromatic amines is 1. The number of nitrogens with one attached hydrogen (secondary N) is 3. The highest BCUT2D eigenvalue weighted by Crippen LogP contribution is 2.22. The molecule has 0 radical (unpaired) electrons. The van der Waals surface area contributed by atoms with Gasteiger partial charge in [-0.1, -0.05) is 25.1 Å². The Morgan fingerprint density at radius 2 is 2.17 bits per heavy atom. The van der Waals surface area contributed by atoms with Crippen LogP contribution >= 0.6 is 0 Å². The molecule has 2 aromatic rings. The van der Waals surface area contributed by atoms with Crippen molar-refractivity contribution < 1.29 is 13.2 Å². The summed E-state index contributed by atoms with van der Waals surface area (Å²) in [6, 6.07) is 5.69. The molecule has 0 saturated carbocycles. The van der Waals surface area contributed by atoms with Crippen LogP contribution in [0.25, 0.3) is 10.9 Å². The van der Waals surface area contributed by atoms with Crippen LogP contribution in [0.5, 0.6) is 0 Å². The Labute approximate surface area is 141 Å². The molecule has 1 aromatic heterocycles. The second-order valence-corrected chi connectivity index (χ2v) is 8.49. The molecular weight excluding hydrogens is 326 g/mol. The Kier molecular flexibility index (Phi) is 4.80. The average Bonchev–Trinajstić information content (AvgIpc) is 3.10. The number of hydrogen-bond donors (Lipinski definition) is 3. The van der Waals surface area contributed by atoms with Gasteiger partial charge in [0, 0.05) is 29.7 Å². The summed E-state index contributed by atoms with van der Waals surface area (Å²) in [4.78, 5) is 15.2. The predicted molar refractivity (Wildman–Crippen MR) is 95.0 cm³/mol. The molecule has 1 aliphatic heterocycles. The van der Waals surface area contributed by atoms with Crippen molar-refractivity contribution >= 4 is 26.8 Å². The van der Waals surface area contributed by atoms with Gasteiger partial charge in [-0.05, 0) is 30.4 Å². The first-order chi connectivity index (χ1) is 11.5. The Hall–Kier alpha value is -2.02. The number of sulfone groups is 1. The van der Waals surface area contributed by atoms with Gasteiger partial charge in [-0.25, -0.2) is 13.2 Å². The number of rotatable bonds is 5. The van der Waals surface area contributed by atoms with Crippen LogP contribution in [-0.4, -0.2) is 43.5 Å². The molecule has 1 saturated heterocycles. The summed E-state index contributed by atoms with van der Waals surface area (Å²) < 4.78 is 22.8. The molecule has 1 atom stereocenters. The number of carbonyl (C=O) groups excluding carboxylic acids is 1. The topological polar surface area (TPSA) is 91.1 Å². The van der Waals surface area contributed by atoms with E-state index in [2.05, 4.69) is 40.7 Å². The minimum atomic E-state index is -2.97. The van der Waals surface area contributed by atoms with E-state index in [-0.39, 0.29) is 23.6 Å². The standard InChI is InChI=1S/C17H23N3O3S/c1-2-12-4-3-5-15-13(10-19-16(12)15)6-8-18-17(21)20-14-7-9-24(22,23)11-14/h3-5,10,14,19H,2,6-9,11H2,1H3,(H2,18,20,21)/t14-/m1/s1. The van der Waals surface area contributed by atoms with Gasteiger partial charge in [0.1, 0.15) is 0 Å². The van der Waals surface area contributed by atoms with Crippen molar-refractivity contribution in [3.05, 3.63) is 35.5 Å². The normalized spacial score (nSPS) is 19.5. The van der Waals surface area contributed by atoms with E-state index in [1.165, 1.54) is 16.5 Å². The lowest BCUT2D eigenvalue weighted by atomic mass is 10.1. The Morgan fingerprint density at radius 1 is 1.33 bits per heavy atom. The van der Waals surface area contributed by atoms with E-state index in [9.17, 15) is 13.2 Å². The zero-order chi connectivity index (χ0) is 17.2. The Morgan fingerprint density at radius 3 is 2.88 bits per heavy atom. The molecule has 1 fully saturated rings. The van der Waals surface area contributed by atoms with Crippen LogP contribution in [0.4, 0.5) is 4.79 Å². The summed E-state index contributed by atoms with van der Waals surface area (Å²) in [6.45, 7) is 2.64. The fourth-order valence-electron chi connectivity index (χ4n) is 3.23. The average molecular weight is 349 g/mol.